The van der Waals surface area contributed by atoms with Gasteiger partial charge in [0.15, 0.2) is 0 Å². The first-order valence-corrected chi connectivity index (χ1v) is 23.7. The van der Waals surface area contributed by atoms with Crippen molar-refractivity contribution in [3.8, 4) is 67.5 Å². The summed E-state index contributed by atoms with van der Waals surface area (Å²) in [5.41, 5.74) is 10.4. The average molecular weight is 891 g/mol. The van der Waals surface area contributed by atoms with Crippen molar-refractivity contribution < 1.29 is 0 Å². The Balaban J connectivity index is 1.12. The first-order chi connectivity index (χ1) is 32.3. The van der Waals surface area contributed by atoms with Gasteiger partial charge in [0.1, 0.15) is 0 Å². The van der Waals surface area contributed by atoms with Gasteiger partial charge >= 0.3 is 347 Å². The molecule has 0 N–H and O–H groups in total. The van der Waals surface area contributed by atoms with Crippen molar-refractivity contribution in [3.05, 3.63) is 224 Å². The van der Waals surface area contributed by atoms with Crippen LogP contribution >= 0.6 is 0 Å². The summed E-state index contributed by atoms with van der Waals surface area (Å²) in [5, 5.41) is 12.3. The van der Waals surface area contributed by atoms with Gasteiger partial charge < -0.3 is 0 Å². The number of hydrogen-bond acceptors (Lipinski definition) is 3. The summed E-state index contributed by atoms with van der Waals surface area (Å²) in [6.45, 7) is 0. The first-order valence-electron chi connectivity index (χ1n) is 22.0. The molecule has 13 rings (SSSR count). The van der Waals surface area contributed by atoms with Crippen LogP contribution in [-0.2, 0) is 0 Å². The average Bonchev–Trinajstić information content (AvgIpc) is 3.78. The summed E-state index contributed by atoms with van der Waals surface area (Å²) in [6, 6.07) is 81.0. The number of nitrogens with zero attached hydrogens (tertiary/aromatic N) is 3. The van der Waals surface area contributed by atoms with Gasteiger partial charge in [-0.2, -0.15) is 0 Å². The molecule has 4 heteroatoms. The predicted octanol–water partition coefficient (Wildman–Crippen LogP) is 15.8. The maximum atomic E-state index is 5.29. The third kappa shape index (κ3) is 6.07. The van der Waals surface area contributed by atoms with Gasteiger partial charge in [0.2, 0.25) is 0 Å². The van der Waals surface area contributed by atoms with Crippen molar-refractivity contribution in [1.82, 2.24) is 15.0 Å². The van der Waals surface area contributed by atoms with Crippen LogP contribution in [-0.4, -0.2) is 29.5 Å². The molecule has 0 amide bonds. The van der Waals surface area contributed by atoms with Gasteiger partial charge in [0.25, 0.3) is 0 Å². The van der Waals surface area contributed by atoms with Crippen LogP contribution in [0.2, 0.25) is 0 Å². The summed E-state index contributed by atoms with van der Waals surface area (Å²) < 4.78 is 2.82. The van der Waals surface area contributed by atoms with Crippen molar-refractivity contribution in [1.29, 1.82) is 0 Å². The second-order valence-corrected chi connectivity index (χ2v) is 18.8. The zero-order valence-electron chi connectivity index (χ0n) is 35.1. The molecule has 2 aromatic heterocycles. The standard InChI is InChI=1S/C61H37N3Se/c1-4-20-38(21-5-1)53-41-26-10-12-28-43(41)54(44-29-13-11-27-42(44)53)49-34-18-36-51-57(49)58-50(35-19-37-52(58)65-51)55-45-30-14-16-32-47(45)56(48-33-17-15-31-46(48)55)61-63-59(39-22-6-2-7-23-39)62-60(64-61)40-24-8-3-9-25-40/h1-37H. The molecule has 0 saturated carbocycles. The Bertz CT molecular complexity index is 3820. The number of hydrogen-bond donors (Lipinski definition) is 0. The number of fused-ring (bicyclic) bond motifs is 7. The second kappa shape index (κ2) is 15.4. The molecule has 0 unspecified atom stereocenters. The van der Waals surface area contributed by atoms with Gasteiger partial charge in [-0.1, -0.05) is 36.4 Å². The molecular weight excluding hydrogens is 854 g/mol. The quantitative estimate of drug-likeness (QED) is 0.123. The van der Waals surface area contributed by atoms with E-state index in [1.54, 1.807) is 0 Å². The van der Waals surface area contributed by atoms with Crippen molar-refractivity contribution in [3.63, 3.8) is 0 Å². The Kier molecular flexibility index (Phi) is 8.87. The van der Waals surface area contributed by atoms with Crippen LogP contribution in [0.1, 0.15) is 0 Å². The monoisotopic (exact) mass is 891 g/mol. The van der Waals surface area contributed by atoms with Crippen LogP contribution < -0.4 is 0 Å². The fraction of sp³-hybridized carbons (Fsp3) is 0. The van der Waals surface area contributed by atoms with E-state index >= 15 is 0 Å². The molecule has 0 spiro atoms. The molecule has 0 aliphatic carbocycles. The SMILES string of the molecule is c1ccc(-c2nc(-c3ccccc3)nc(-c3c4ccccc4c(-c4cccc5[se]c6cccc(-c7c8ccccc8c(-c8ccccc8)c8ccccc78)c6c45)c4ccccc34)n2)cc1. The van der Waals surface area contributed by atoms with Crippen LogP contribution in [0.25, 0.3) is 130 Å². The zero-order chi connectivity index (χ0) is 42.8. The van der Waals surface area contributed by atoms with Crippen LogP contribution in [0, 0.1) is 0 Å². The predicted molar refractivity (Wildman–Crippen MR) is 274 cm³/mol. The Hall–Kier alpha value is -8.01. The minimum absolute atomic E-state index is 0.115. The molecule has 0 bridgehead atoms. The third-order valence-corrected chi connectivity index (χ3v) is 15.3. The summed E-state index contributed by atoms with van der Waals surface area (Å²) in [4.78, 5) is 15.6. The molecule has 3 nitrogen and oxygen atoms in total. The molecule has 0 fully saturated rings. The van der Waals surface area contributed by atoms with Crippen molar-refractivity contribution in [2.45, 2.75) is 0 Å². The second-order valence-electron chi connectivity index (χ2n) is 16.5. The first kappa shape index (κ1) is 37.5. The van der Waals surface area contributed by atoms with Gasteiger partial charge in [-0.25, -0.2) is 0 Å². The Labute approximate surface area is 381 Å². The van der Waals surface area contributed by atoms with E-state index in [0.717, 1.165) is 27.5 Å². The summed E-state index contributed by atoms with van der Waals surface area (Å²) >= 11 is 0.115. The number of benzene rings is 11. The van der Waals surface area contributed by atoms with Crippen LogP contribution in [0.4, 0.5) is 0 Å². The van der Waals surface area contributed by atoms with Crippen LogP contribution in [0.5, 0.6) is 0 Å². The normalized spacial score (nSPS) is 11.7. The molecule has 65 heavy (non-hydrogen) atoms. The third-order valence-electron chi connectivity index (χ3n) is 12.9. The van der Waals surface area contributed by atoms with E-state index in [4.69, 9.17) is 15.0 Å². The zero-order valence-corrected chi connectivity index (χ0v) is 36.8. The molecule has 2 heterocycles. The Morgan fingerprint density at radius 1 is 0.231 bits per heavy atom. The van der Waals surface area contributed by atoms with E-state index in [1.165, 1.54) is 85.0 Å². The smallest absolute Gasteiger partial charge is 0.0615 e. The van der Waals surface area contributed by atoms with E-state index in [2.05, 4.69) is 188 Å². The van der Waals surface area contributed by atoms with Gasteiger partial charge in [-0.3, -0.25) is 0 Å². The molecular formula is C61H37N3Se. The van der Waals surface area contributed by atoms with E-state index < -0.39 is 0 Å². The molecule has 0 radical (unpaired) electrons. The summed E-state index contributed by atoms with van der Waals surface area (Å²) in [6.07, 6.45) is 0. The molecule has 11 aromatic carbocycles. The van der Waals surface area contributed by atoms with Crippen molar-refractivity contribution in [2.75, 3.05) is 0 Å². The van der Waals surface area contributed by atoms with Crippen LogP contribution in [0.15, 0.2) is 224 Å². The van der Waals surface area contributed by atoms with Crippen LogP contribution in [0.3, 0.4) is 0 Å². The molecule has 13 aromatic rings. The van der Waals surface area contributed by atoms with E-state index in [0.29, 0.717) is 17.5 Å². The number of rotatable bonds is 6. The molecule has 0 saturated heterocycles. The van der Waals surface area contributed by atoms with Gasteiger partial charge in [-0.15, -0.1) is 0 Å². The Morgan fingerprint density at radius 3 is 0.923 bits per heavy atom. The number of aromatic nitrogens is 3. The fourth-order valence-corrected chi connectivity index (χ4v) is 12.6. The van der Waals surface area contributed by atoms with E-state index in [9.17, 15) is 0 Å². The maximum absolute atomic E-state index is 5.29. The van der Waals surface area contributed by atoms with Gasteiger partial charge in [0, 0.05) is 0 Å². The molecule has 0 aliphatic rings. The fourth-order valence-electron chi connectivity index (χ4n) is 10.2. The minimum atomic E-state index is 0.115. The Morgan fingerprint density at radius 2 is 0.538 bits per heavy atom. The molecule has 0 aliphatic heterocycles. The summed E-state index contributed by atoms with van der Waals surface area (Å²) in [5.74, 6) is 1.95. The van der Waals surface area contributed by atoms with Gasteiger partial charge in [0.05, 0.1) is 0 Å². The summed E-state index contributed by atoms with van der Waals surface area (Å²) in [7, 11) is 0. The molecule has 0 atom stereocenters. The van der Waals surface area contributed by atoms with E-state index in [1.807, 2.05) is 36.4 Å². The van der Waals surface area contributed by atoms with Crippen molar-refractivity contribution >= 4 is 76.9 Å². The van der Waals surface area contributed by atoms with Gasteiger partial charge in [-0.05, 0) is 0 Å². The minimum Gasteiger partial charge on any atom is -0.0615 e. The topological polar surface area (TPSA) is 38.7 Å². The van der Waals surface area contributed by atoms with E-state index in [-0.39, 0.29) is 14.5 Å². The van der Waals surface area contributed by atoms with Crippen molar-refractivity contribution in [2.24, 2.45) is 0 Å². The molecule has 302 valence electrons.